The van der Waals surface area contributed by atoms with Gasteiger partial charge in [0.05, 0.1) is 0 Å². The summed E-state index contributed by atoms with van der Waals surface area (Å²) in [5.74, 6) is 0.226. The fraction of sp³-hybridized carbons (Fsp3) is 0.667. The van der Waals surface area contributed by atoms with E-state index in [0.717, 1.165) is 37.6 Å². The Balaban J connectivity index is 2.03. The van der Waals surface area contributed by atoms with Gasteiger partial charge in [0.15, 0.2) is 5.13 Å². The molecule has 1 fully saturated rings. The number of anilines is 2. The van der Waals surface area contributed by atoms with Gasteiger partial charge in [-0.2, -0.15) is 0 Å². The fourth-order valence-corrected chi connectivity index (χ4v) is 2.91. The van der Waals surface area contributed by atoms with Gasteiger partial charge in [-0.3, -0.25) is 4.79 Å². The lowest BCUT2D eigenvalue weighted by atomic mass is 10.1. The minimum absolute atomic E-state index is 0.0994. The Labute approximate surface area is 117 Å². The summed E-state index contributed by atoms with van der Waals surface area (Å²) in [6.45, 7) is 4.77. The van der Waals surface area contributed by atoms with Crippen LogP contribution in [0.1, 0.15) is 29.4 Å². The molecule has 0 radical (unpaired) electrons. The average molecular weight is 283 g/mol. The van der Waals surface area contributed by atoms with Crippen molar-refractivity contribution in [3.8, 4) is 0 Å². The van der Waals surface area contributed by atoms with Gasteiger partial charge in [0.25, 0.3) is 5.91 Å². The van der Waals surface area contributed by atoms with Crippen LogP contribution in [0.15, 0.2) is 0 Å². The summed E-state index contributed by atoms with van der Waals surface area (Å²) in [5.41, 5.74) is 5.84. The molecular weight excluding hydrogens is 262 g/mol. The predicted molar refractivity (Wildman–Crippen MR) is 78.8 cm³/mol. The first-order valence-electron chi connectivity index (χ1n) is 6.60. The number of rotatable bonds is 4. The topological polar surface area (TPSA) is 83.3 Å². The van der Waals surface area contributed by atoms with Crippen molar-refractivity contribution in [3.05, 3.63) is 4.88 Å². The maximum Gasteiger partial charge on any atom is 0.265 e. The average Bonchev–Trinajstić information content (AvgIpc) is 2.81. The summed E-state index contributed by atoms with van der Waals surface area (Å²) in [6, 6.07) is 0.239. The second kappa shape index (κ2) is 6.21. The monoisotopic (exact) mass is 283 g/mol. The smallest absolute Gasteiger partial charge is 0.265 e. The number of carbonyl (C=O) groups excluding carboxylic acids is 1. The Morgan fingerprint density at radius 3 is 2.89 bits per heavy atom. The number of piperidine rings is 1. The van der Waals surface area contributed by atoms with Crippen LogP contribution in [0.25, 0.3) is 0 Å². The molecule has 0 unspecified atom stereocenters. The summed E-state index contributed by atoms with van der Waals surface area (Å²) in [6.07, 6.45) is 1.93. The molecule has 0 atom stereocenters. The maximum atomic E-state index is 12.2. The molecule has 0 spiro atoms. The van der Waals surface area contributed by atoms with Gasteiger partial charge in [0.2, 0.25) is 0 Å². The zero-order valence-corrected chi connectivity index (χ0v) is 12.2. The van der Waals surface area contributed by atoms with Crippen LogP contribution in [-0.4, -0.2) is 43.6 Å². The van der Waals surface area contributed by atoms with E-state index >= 15 is 0 Å². The lowest BCUT2D eigenvalue weighted by molar-refractivity contribution is 0.0934. The summed E-state index contributed by atoms with van der Waals surface area (Å²) in [7, 11) is 1.94. The number of amides is 1. The van der Waals surface area contributed by atoms with Gasteiger partial charge in [-0.05, 0) is 32.9 Å². The fourth-order valence-electron chi connectivity index (χ4n) is 2.00. The largest absolute Gasteiger partial charge is 0.382 e. The molecule has 0 bridgehead atoms. The molecule has 1 saturated heterocycles. The molecule has 4 N–H and O–H groups in total. The third-order valence-electron chi connectivity index (χ3n) is 3.32. The minimum Gasteiger partial charge on any atom is -0.382 e. The molecule has 0 aliphatic carbocycles. The molecule has 106 valence electrons. The van der Waals surface area contributed by atoms with Crippen molar-refractivity contribution < 1.29 is 4.79 Å². The quantitative estimate of drug-likeness (QED) is 0.756. The molecule has 0 aromatic carbocycles. The van der Waals surface area contributed by atoms with Gasteiger partial charge in [-0.25, -0.2) is 4.98 Å². The number of nitrogens with two attached hydrogens (primary N) is 1. The van der Waals surface area contributed by atoms with E-state index in [1.54, 1.807) is 0 Å². The maximum absolute atomic E-state index is 12.2. The van der Waals surface area contributed by atoms with Gasteiger partial charge >= 0.3 is 0 Å². The number of nitrogen functional groups attached to an aromatic ring is 1. The highest BCUT2D eigenvalue weighted by Gasteiger charge is 2.21. The lowest BCUT2D eigenvalue weighted by Gasteiger charge is -2.23. The predicted octanol–water partition coefficient (Wildman–Crippen LogP) is 0.663. The molecule has 1 aromatic heterocycles. The van der Waals surface area contributed by atoms with Crippen molar-refractivity contribution in [1.82, 2.24) is 15.6 Å². The summed E-state index contributed by atoms with van der Waals surface area (Å²) in [5, 5.41) is 7.10. The van der Waals surface area contributed by atoms with Gasteiger partial charge in [-0.1, -0.05) is 11.3 Å². The van der Waals surface area contributed by atoms with Crippen LogP contribution >= 0.6 is 11.3 Å². The Morgan fingerprint density at radius 1 is 1.58 bits per heavy atom. The molecule has 2 rings (SSSR count). The Morgan fingerprint density at radius 2 is 2.26 bits per heavy atom. The van der Waals surface area contributed by atoms with E-state index in [0.29, 0.717) is 10.7 Å². The van der Waals surface area contributed by atoms with Crippen LogP contribution < -0.4 is 21.3 Å². The van der Waals surface area contributed by atoms with Crippen molar-refractivity contribution in [2.75, 3.05) is 37.3 Å². The molecule has 2 heterocycles. The van der Waals surface area contributed by atoms with E-state index in [9.17, 15) is 4.79 Å². The highest BCUT2D eigenvalue weighted by Crippen LogP contribution is 2.27. The number of nitrogens with zero attached hydrogens (tertiary/aromatic N) is 2. The highest BCUT2D eigenvalue weighted by molar-refractivity contribution is 7.18. The first-order valence-corrected chi connectivity index (χ1v) is 7.42. The number of aromatic nitrogens is 1. The lowest BCUT2D eigenvalue weighted by Crippen LogP contribution is -2.42. The SMILES string of the molecule is CCN(C)c1nc(N)c(C(=O)NC2CCNCC2)s1. The van der Waals surface area contributed by atoms with E-state index in [1.807, 2.05) is 18.9 Å². The van der Waals surface area contributed by atoms with Crippen molar-refractivity contribution in [2.45, 2.75) is 25.8 Å². The molecular formula is C12H21N5OS. The molecule has 1 aliphatic heterocycles. The van der Waals surface area contributed by atoms with Crippen LogP contribution in [0.3, 0.4) is 0 Å². The second-order valence-corrected chi connectivity index (χ2v) is 5.70. The van der Waals surface area contributed by atoms with Crippen molar-refractivity contribution in [2.24, 2.45) is 0 Å². The molecule has 1 aromatic rings. The standard InChI is InChI=1S/C12H21N5OS/c1-3-17(2)12-16-10(13)9(19-12)11(18)15-8-4-6-14-7-5-8/h8,14H,3-7,13H2,1-2H3,(H,15,18). The molecule has 0 saturated carbocycles. The summed E-state index contributed by atoms with van der Waals surface area (Å²) < 4.78 is 0. The molecule has 1 amide bonds. The van der Waals surface area contributed by atoms with E-state index in [4.69, 9.17) is 5.73 Å². The second-order valence-electron chi connectivity index (χ2n) is 4.72. The third kappa shape index (κ3) is 3.36. The number of thiazole rings is 1. The Bertz CT molecular complexity index is 441. The zero-order valence-electron chi connectivity index (χ0n) is 11.4. The van der Waals surface area contributed by atoms with Crippen LogP contribution in [0.5, 0.6) is 0 Å². The number of carbonyl (C=O) groups is 1. The molecule has 7 heteroatoms. The van der Waals surface area contributed by atoms with Crippen LogP contribution in [0.2, 0.25) is 0 Å². The minimum atomic E-state index is -0.0994. The number of nitrogens with one attached hydrogen (secondary N) is 2. The van der Waals surface area contributed by atoms with E-state index < -0.39 is 0 Å². The third-order valence-corrected chi connectivity index (χ3v) is 4.51. The van der Waals surface area contributed by atoms with Crippen LogP contribution in [-0.2, 0) is 0 Å². The molecule has 6 nitrogen and oxygen atoms in total. The van der Waals surface area contributed by atoms with Crippen molar-refractivity contribution >= 4 is 28.2 Å². The number of hydrogen-bond donors (Lipinski definition) is 3. The van der Waals surface area contributed by atoms with Crippen LogP contribution in [0.4, 0.5) is 10.9 Å². The highest BCUT2D eigenvalue weighted by atomic mass is 32.1. The van der Waals surface area contributed by atoms with Gasteiger partial charge in [-0.15, -0.1) is 0 Å². The first-order chi connectivity index (χ1) is 9.11. The Kier molecular flexibility index (Phi) is 4.60. The normalized spacial score (nSPS) is 16.3. The van der Waals surface area contributed by atoms with E-state index in [-0.39, 0.29) is 11.9 Å². The summed E-state index contributed by atoms with van der Waals surface area (Å²) in [4.78, 5) is 18.9. The van der Waals surface area contributed by atoms with E-state index in [1.165, 1.54) is 11.3 Å². The Hall–Kier alpha value is -1.34. The van der Waals surface area contributed by atoms with Gasteiger partial charge in [0, 0.05) is 19.6 Å². The molecule has 1 aliphatic rings. The van der Waals surface area contributed by atoms with Crippen LogP contribution in [0, 0.1) is 0 Å². The summed E-state index contributed by atoms with van der Waals surface area (Å²) >= 11 is 1.35. The van der Waals surface area contributed by atoms with Gasteiger partial charge in [0.1, 0.15) is 10.7 Å². The number of hydrogen-bond acceptors (Lipinski definition) is 6. The van der Waals surface area contributed by atoms with E-state index in [2.05, 4.69) is 15.6 Å². The van der Waals surface area contributed by atoms with Gasteiger partial charge < -0.3 is 21.3 Å². The first kappa shape index (κ1) is 14.1. The zero-order chi connectivity index (χ0) is 13.8. The molecule has 19 heavy (non-hydrogen) atoms. The van der Waals surface area contributed by atoms with Crippen molar-refractivity contribution in [1.29, 1.82) is 0 Å². The van der Waals surface area contributed by atoms with Crippen molar-refractivity contribution in [3.63, 3.8) is 0 Å².